The summed E-state index contributed by atoms with van der Waals surface area (Å²) in [5, 5.41) is 4.96. The zero-order valence-electron chi connectivity index (χ0n) is 30.0. The van der Waals surface area contributed by atoms with Crippen molar-refractivity contribution < 1.29 is 0 Å². The molecule has 1 atom stereocenters. The highest BCUT2D eigenvalue weighted by molar-refractivity contribution is 7.58. The summed E-state index contributed by atoms with van der Waals surface area (Å²) in [7, 11) is 3.32. The molecule has 2 heteroatoms. The van der Waals surface area contributed by atoms with Gasteiger partial charge in [0.25, 0.3) is 0 Å². The number of fused-ring (bicyclic) bond motifs is 2. The lowest BCUT2D eigenvalue weighted by Gasteiger charge is -2.39. The largest absolute Gasteiger partial charge is 0.117 e. The number of rotatable bonds is 8. The molecule has 2 fully saturated rings. The summed E-state index contributed by atoms with van der Waals surface area (Å²) in [4.78, 5) is 0. The molecule has 6 aromatic rings. The maximum absolute atomic E-state index is 3.44. The Bertz CT molecular complexity index is 2050. The number of aryl methyl sites for hydroxylation is 2. The fraction of sp³-hybridized carbons (Fsp3) is 0.333. The van der Waals surface area contributed by atoms with Crippen LogP contribution in [-0.2, 0) is 11.3 Å². The van der Waals surface area contributed by atoms with Crippen LogP contribution < -0.4 is 0 Å². The molecule has 0 spiro atoms. The summed E-state index contributed by atoms with van der Waals surface area (Å²) in [6.07, 6.45) is 15.6. The molecule has 0 radical (unpaired) electrons. The van der Waals surface area contributed by atoms with Crippen molar-refractivity contribution in [1.82, 2.24) is 0 Å². The van der Waals surface area contributed by atoms with E-state index in [9.17, 15) is 0 Å². The van der Waals surface area contributed by atoms with Crippen LogP contribution in [0, 0.1) is 13.8 Å². The summed E-state index contributed by atoms with van der Waals surface area (Å²) < 4.78 is 0. The first kappa shape index (κ1) is 33.8. The second-order valence-corrected chi connectivity index (χ2v) is 18.9. The molecule has 8 rings (SSSR count). The van der Waals surface area contributed by atoms with Crippen molar-refractivity contribution in [3.63, 3.8) is 0 Å². The van der Waals surface area contributed by atoms with Gasteiger partial charge >= 0.3 is 0 Å². The van der Waals surface area contributed by atoms with Crippen LogP contribution in [-0.4, -0.2) is 11.3 Å². The molecule has 0 nitrogen and oxygen atoms in total. The Morgan fingerprint density at radius 2 is 0.960 bits per heavy atom. The number of hydrogen-bond acceptors (Lipinski definition) is 0. The molecule has 0 aromatic heterocycles. The fourth-order valence-electron chi connectivity index (χ4n) is 9.66. The van der Waals surface area contributed by atoms with Gasteiger partial charge in [-0.1, -0.05) is 168 Å². The summed E-state index contributed by atoms with van der Waals surface area (Å²) in [5.41, 5.74) is 13.0. The normalized spacial score (nSPS) is 16.4. The summed E-state index contributed by atoms with van der Waals surface area (Å²) >= 11 is 0. The molecule has 50 heavy (non-hydrogen) atoms. The SMILES string of the molecule is Cc1ccccc1C(P)(c1ccccc1C)c1ccc2ccccc2c1-c1c(CP(C2CCCCC2)C2CCCCC2)ccc2ccccc12. The smallest absolute Gasteiger partial charge is 0.0602 e. The maximum atomic E-state index is 3.44. The van der Waals surface area contributed by atoms with Crippen LogP contribution in [0.5, 0.6) is 0 Å². The molecule has 0 saturated heterocycles. The minimum absolute atomic E-state index is 0.119. The maximum Gasteiger partial charge on any atom is 0.0602 e. The van der Waals surface area contributed by atoms with Gasteiger partial charge in [0.2, 0.25) is 0 Å². The number of hydrogen-bond donors (Lipinski definition) is 0. The van der Waals surface area contributed by atoms with Gasteiger partial charge in [0.05, 0.1) is 5.16 Å². The third-order valence-corrected chi connectivity index (χ3v) is 16.7. The monoisotopic (exact) mass is 690 g/mol. The molecule has 2 aliphatic rings. The lowest BCUT2D eigenvalue weighted by Crippen LogP contribution is -2.25. The van der Waals surface area contributed by atoms with Crippen molar-refractivity contribution in [1.29, 1.82) is 0 Å². The Kier molecular flexibility index (Phi) is 9.97. The van der Waals surface area contributed by atoms with Crippen molar-refractivity contribution in [2.24, 2.45) is 0 Å². The Morgan fingerprint density at radius 3 is 1.50 bits per heavy atom. The lowest BCUT2D eigenvalue weighted by atomic mass is 9.75. The Morgan fingerprint density at radius 1 is 0.500 bits per heavy atom. The average Bonchev–Trinajstić information content (AvgIpc) is 3.17. The van der Waals surface area contributed by atoms with E-state index in [1.807, 2.05) is 0 Å². The number of benzene rings is 6. The first-order valence-corrected chi connectivity index (χ1v) is 21.5. The Balaban J connectivity index is 1.44. The quantitative estimate of drug-likeness (QED) is 0.110. The highest BCUT2D eigenvalue weighted by Crippen LogP contribution is 2.60. The molecule has 254 valence electrons. The standard InChI is InChI=1S/C48H52P2/c1-34-17-9-15-27-43(34)48(49,44-28-16-10-18-35(44)2)45-32-31-37-20-12-14-26-42(37)47(45)46-38(30-29-36-19-11-13-25-41(36)46)33-50(39-21-5-3-6-22-39)40-23-7-4-8-24-40/h9-20,25-32,39-40H,3-8,21-24,33,49H2,1-2H3. The van der Waals surface area contributed by atoms with Crippen LogP contribution >= 0.6 is 17.2 Å². The molecular weight excluding hydrogens is 638 g/mol. The highest BCUT2D eigenvalue weighted by atomic mass is 31.1. The minimum Gasteiger partial charge on any atom is -0.117 e. The van der Waals surface area contributed by atoms with Gasteiger partial charge in [0.1, 0.15) is 0 Å². The van der Waals surface area contributed by atoms with Gasteiger partial charge in [0, 0.05) is 0 Å². The predicted molar refractivity (Wildman–Crippen MR) is 223 cm³/mol. The van der Waals surface area contributed by atoms with E-state index in [1.165, 1.54) is 131 Å². The van der Waals surface area contributed by atoms with E-state index in [-0.39, 0.29) is 7.92 Å². The minimum atomic E-state index is -0.443. The van der Waals surface area contributed by atoms with Crippen LogP contribution in [0.3, 0.4) is 0 Å². The second kappa shape index (κ2) is 14.7. The molecule has 6 aromatic carbocycles. The second-order valence-electron chi connectivity index (χ2n) is 15.2. The summed E-state index contributed by atoms with van der Waals surface area (Å²) in [6, 6.07) is 46.4. The van der Waals surface area contributed by atoms with Crippen LogP contribution in [0.15, 0.2) is 121 Å². The first-order valence-electron chi connectivity index (χ1n) is 19.2. The van der Waals surface area contributed by atoms with Gasteiger partial charge in [-0.3, -0.25) is 0 Å². The van der Waals surface area contributed by atoms with Crippen LogP contribution in [0.4, 0.5) is 0 Å². The van der Waals surface area contributed by atoms with Crippen molar-refractivity contribution in [2.75, 3.05) is 0 Å². The third-order valence-electron chi connectivity index (χ3n) is 12.2. The van der Waals surface area contributed by atoms with E-state index in [4.69, 9.17) is 0 Å². The predicted octanol–water partition coefficient (Wildman–Crippen LogP) is 14.1. The molecule has 2 saturated carbocycles. The van der Waals surface area contributed by atoms with Gasteiger partial charge in [0.15, 0.2) is 0 Å². The topological polar surface area (TPSA) is 0 Å². The van der Waals surface area contributed by atoms with Crippen LogP contribution in [0.1, 0.15) is 97.6 Å². The van der Waals surface area contributed by atoms with Gasteiger partial charge < -0.3 is 0 Å². The summed E-state index contributed by atoms with van der Waals surface area (Å²) in [6.45, 7) is 4.58. The van der Waals surface area contributed by atoms with Crippen LogP contribution in [0.2, 0.25) is 0 Å². The molecule has 0 N–H and O–H groups in total. The van der Waals surface area contributed by atoms with E-state index in [1.54, 1.807) is 5.56 Å². The van der Waals surface area contributed by atoms with Gasteiger partial charge in [-0.25, -0.2) is 0 Å². The summed E-state index contributed by atoms with van der Waals surface area (Å²) in [5.74, 6) is 0. The molecule has 2 aliphatic carbocycles. The zero-order chi connectivity index (χ0) is 34.1. The van der Waals surface area contributed by atoms with Crippen LogP contribution in [0.25, 0.3) is 32.7 Å². The molecule has 0 bridgehead atoms. The molecule has 1 unspecified atom stereocenters. The third kappa shape index (κ3) is 6.27. The molecule has 0 amide bonds. The van der Waals surface area contributed by atoms with Crippen molar-refractivity contribution in [3.05, 3.63) is 155 Å². The van der Waals surface area contributed by atoms with Crippen molar-refractivity contribution in [3.8, 4) is 11.1 Å². The van der Waals surface area contributed by atoms with E-state index in [0.717, 1.165) is 11.3 Å². The Labute approximate surface area is 304 Å². The van der Waals surface area contributed by atoms with Crippen molar-refractivity contribution in [2.45, 2.75) is 101 Å². The van der Waals surface area contributed by atoms with Gasteiger partial charge in [-0.15, -0.1) is 9.24 Å². The zero-order valence-corrected chi connectivity index (χ0v) is 32.1. The van der Waals surface area contributed by atoms with Crippen molar-refractivity contribution >= 4 is 38.7 Å². The van der Waals surface area contributed by atoms with Gasteiger partial charge in [-0.2, -0.15) is 0 Å². The van der Waals surface area contributed by atoms with E-state index >= 15 is 0 Å². The molecule has 0 aliphatic heterocycles. The first-order chi connectivity index (χ1) is 24.5. The van der Waals surface area contributed by atoms with Gasteiger partial charge in [-0.05, 0) is 123 Å². The lowest BCUT2D eigenvalue weighted by molar-refractivity contribution is 0.484. The average molecular weight is 691 g/mol. The van der Waals surface area contributed by atoms with E-state index < -0.39 is 5.16 Å². The van der Waals surface area contributed by atoms with E-state index in [2.05, 4.69) is 144 Å². The Hall–Kier alpha value is -3.30. The molecule has 0 heterocycles. The molecular formula is C48H52P2. The fourth-order valence-corrected chi connectivity index (χ4v) is 14.4. The highest BCUT2D eigenvalue weighted by Gasteiger charge is 2.38. The van der Waals surface area contributed by atoms with E-state index in [0.29, 0.717) is 0 Å².